The Hall–Kier alpha value is -8.73. The lowest BCUT2D eigenvalue weighted by Crippen LogP contribution is -2.17. The molecule has 0 saturated carbocycles. The second kappa shape index (κ2) is 19.6. The predicted molar refractivity (Wildman–Crippen MR) is 301 cm³/mol. The van der Waals surface area contributed by atoms with Crippen LogP contribution in [0.1, 0.15) is 56.0 Å². The first-order chi connectivity index (χ1) is 35.2. The van der Waals surface area contributed by atoms with Crippen LogP contribution in [0, 0.1) is 41.5 Å². The zero-order valence-electron chi connectivity index (χ0n) is 41.7. The molecule has 0 amide bonds. The summed E-state index contributed by atoms with van der Waals surface area (Å²) in [5.41, 5.74) is 21.9. The summed E-state index contributed by atoms with van der Waals surface area (Å²) in [6.07, 6.45) is 0. The maximum absolute atomic E-state index is 5.61. The Kier molecular flexibility index (Phi) is 12.4. The maximum atomic E-state index is 5.61. The van der Waals surface area contributed by atoms with Gasteiger partial charge in [0.2, 0.25) is 5.95 Å². The Balaban J connectivity index is 1.18. The van der Waals surface area contributed by atoms with E-state index in [1.165, 1.54) is 50.1 Å². The number of fused-ring (bicyclic) bond motifs is 1. The van der Waals surface area contributed by atoms with Crippen molar-refractivity contribution in [3.05, 3.63) is 275 Å². The summed E-state index contributed by atoms with van der Waals surface area (Å²) in [4.78, 5) is 18.8. The van der Waals surface area contributed by atoms with Crippen LogP contribution in [0.15, 0.2) is 224 Å². The highest BCUT2D eigenvalue weighted by atomic mass is 15.3. The maximum Gasteiger partial charge on any atom is 0.238 e. The van der Waals surface area contributed by atoms with E-state index < -0.39 is 0 Å². The van der Waals surface area contributed by atoms with Gasteiger partial charge in [0.15, 0.2) is 11.6 Å². The summed E-state index contributed by atoms with van der Waals surface area (Å²) in [6, 6.07) is 80.2. The van der Waals surface area contributed by atoms with Gasteiger partial charge in [0.1, 0.15) is 0 Å². The van der Waals surface area contributed by atoms with E-state index >= 15 is 0 Å². The van der Waals surface area contributed by atoms with Crippen molar-refractivity contribution >= 4 is 28.1 Å². The van der Waals surface area contributed by atoms with Gasteiger partial charge in [-0.15, -0.1) is 0 Å². The van der Waals surface area contributed by atoms with Crippen molar-refractivity contribution in [2.45, 2.75) is 47.5 Å². The molecule has 0 spiro atoms. The van der Waals surface area contributed by atoms with Crippen LogP contribution in [0.2, 0.25) is 0 Å². The monoisotopic (exact) mass is 928 g/mol. The highest BCUT2D eigenvalue weighted by molar-refractivity contribution is 6.03. The van der Waals surface area contributed by atoms with Crippen LogP contribution in [0.5, 0.6) is 0 Å². The molecule has 1 heterocycles. The molecule has 0 unspecified atom stereocenters. The van der Waals surface area contributed by atoms with Gasteiger partial charge < -0.3 is 0 Å². The number of hydrogen-bond acceptors (Lipinski definition) is 4. The molecule has 0 aliphatic heterocycles. The lowest BCUT2D eigenvalue weighted by Gasteiger charge is -2.29. The third-order valence-electron chi connectivity index (χ3n) is 14.1. The molecule has 4 nitrogen and oxygen atoms in total. The van der Waals surface area contributed by atoms with E-state index in [2.05, 4.69) is 271 Å². The lowest BCUT2D eigenvalue weighted by atomic mass is 9.77. The first kappa shape index (κ1) is 45.7. The van der Waals surface area contributed by atoms with Gasteiger partial charge >= 0.3 is 0 Å². The predicted octanol–water partition coefficient (Wildman–Crippen LogP) is 17.9. The average molecular weight is 929 g/mol. The number of hydrogen-bond donors (Lipinski definition) is 0. The molecule has 0 aliphatic rings. The topological polar surface area (TPSA) is 41.9 Å². The lowest BCUT2D eigenvalue weighted by molar-refractivity contribution is 0.919. The molecule has 1 aromatic heterocycles. The number of para-hydroxylation sites is 1. The molecule has 72 heavy (non-hydrogen) atoms. The fourth-order valence-corrected chi connectivity index (χ4v) is 11.0. The van der Waals surface area contributed by atoms with Gasteiger partial charge in [-0.25, -0.2) is 4.98 Å². The molecule has 0 bridgehead atoms. The summed E-state index contributed by atoms with van der Waals surface area (Å²) in [5, 5.41) is 2.28. The Morgan fingerprint density at radius 1 is 0.361 bits per heavy atom. The highest BCUT2D eigenvalue weighted by Crippen LogP contribution is 2.45. The molecule has 11 rings (SSSR count). The van der Waals surface area contributed by atoms with Crippen LogP contribution >= 0.6 is 0 Å². The van der Waals surface area contributed by atoms with Gasteiger partial charge in [0.05, 0.1) is 5.69 Å². The zero-order chi connectivity index (χ0) is 49.3. The number of aryl methyl sites for hydroxylation is 6. The van der Waals surface area contributed by atoms with Gasteiger partial charge in [0, 0.05) is 33.9 Å². The van der Waals surface area contributed by atoms with Gasteiger partial charge in [-0.05, 0) is 144 Å². The standard InChI is InChI=1S/C68H56N4/c1-44-39-46(3)62(47(4)40-44)65(63-48(5)41-45(2)42-49(63)6)54-33-36-57(37-34-54)72(61-32-19-18-30-58(61)51-23-12-8-13-24-51)68-70-66(56-29-20-28-55(43-56)50-21-10-7-11-22-50)69-67(71-68)60-38-35-52-25-16-17-31-59(52)64(60)53-26-14-9-15-27-53/h7-43,65H,1-6H3. The fourth-order valence-electron chi connectivity index (χ4n) is 11.0. The quantitative estimate of drug-likeness (QED) is 0.121. The molecule has 0 aliphatic carbocycles. The van der Waals surface area contributed by atoms with Gasteiger partial charge in [-0.1, -0.05) is 205 Å². The van der Waals surface area contributed by atoms with Crippen molar-refractivity contribution in [1.29, 1.82) is 0 Å². The Morgan fingerprint density at radius 3 is 1.51 bits per heavy atom. The van der Waals surface area contributed by atoms with Crippen molar-refractivity contribution < 1.29 is 0 Å². The van der Waals surface area contributed by atoms with Crippen molar-refractivity contribution in [2.75, 3.05) is 4.90 Å². The largest absolute Gasteiger partial charge is 0.278 e. The number of nitrogens with zero attached hydrogens (tertiary/aromatic N) is 4. The molecule has 10 aromatic carbocycles. The van der Waals surface area contributed by atoms with Crippen LogP contribution in [0.25, 0.3) is 66.9 Å². The van der Waals surface area contributed by atoms with Crippen molar-refractivity contribution in [3.8, 4) is 56.2 Å². The summed E-state index contributed by atoms with van der Waals surface area (Å²) in [7, 11) is 0. The molecule has 11 aromatic rings. The van der Waals surface area contributed by atoms with Crippen LogP contribution in [0.3, 0.4) is 0 Å². The summed E-state index contributed by atoms with van der Waals surface area (Å²) < 4.78 is 0. The van der Waals surface area contributed by atoms with E-state index in [0.717, 1.165) is 66.7 Å². The number of aromatic nitrogens is 3. The minimum absolute atomic E-state index is 0.0156. The Labute approximate surface area is 424 Å². The zero-order valence-corrected chi connectivity index (χ0v) is 41.7. The fraction of sp³-hybridized carbons (Fsp3) is 0.103. The van der Waals surface area contributed by atoms with Gasteiger partial charge in [0.25, 0.3) is 0 Å². The molecular weight excluding hydrogens is 873 g/mol. The number of benzene rings is 10. The smallest absolute Gasteiger partial charge is 0.238 e. The molecule has 4 heteroatoms. The third kappa shape index (κ3) is 8.88. The third-order valence-corrected chi connectivity index (χ3v) is 14.1. The molecule has 0 fully saturated rings. The van der Waals surface area contributed by atoms with Gasteiger partial charge in [-0.3, -0.25) is 4.90 Å². The summed E-state index contributed by atoms with van der Waals surface area (Å²) in [5.74, 6) is 1.69. The number of rotatable bonds is 11. The molecule has 0 radical (unpaired) electrons. The van der Waals surface area contributed by atoms with E-state index in [4.69, 9.17) is 15.0 Å². The number of anilines is 3. The van der Waals surface area contributed by atoms with E-state index in [-0.39, 0.29) is 5.92 Å². The second-order valence-electron chi connectivity index (χ2n) is 19.2. The van der Waals surface area contributed by atoms with E-state index in [0.29, 0.717) is 17.6 Å². The average Bonchev–Trinajstić information content (AvgIpc) is 3.41. The molecule has 0 N–H and O–H groups in total. The molecule has 0 atom stereocenters. The molecule has 0 saturated heterocycles. The second-order valence-corrected chi connectivity index (χ2v) is 19.2. The van der Waals surface area contributed by atoms with Crippen LogP contribution < -0.4 is 4.90 Å². The summed E-state index contributed by atoms with van der Waals surface area (Å²) >= 11 is 0. The van der Waals surface area contributed by atoms with Gasteiger partial charge in [-0.2, -0.15) is 9.97 Å². The van der Waals surface area contributed by atoms with E-state index in [1.54, 1.807) is 0 Å². The van der Waals surface area contributed by atoms with Crippen molar-refractivity contribution in [2.24, 2.45) is 0 Å². The molecular formula is C68H56N4. The van der Waals surface area contributed by atoms with Crippen molar-refractivity contribution in [1.82, 2.24) is 15.0 Å². The van der Waals surface area contributed by atoms with Crippen LogP contribution in [0.4, 0.5) is 17.3 Å². The first-order valence-electron chi connectivity index (χ1n) is 24.9. The summed E-state index contributed by atoms with van der Waals surface area (Å²) in [6.45, 7) is 13.4. The minimum atomic E-state index is 0.0156. The minimum Gasteiger partial charge on any atom is -0.278 e. The van der Waals surface area contributed by atoms with Crippen LogP contribution in [-0.2, 0) is 0 Å². The van der Waals surface area contributed by atoms with E-state index in [9.17, 15) is 0 Å². The normalized spacial score (nSPS) is 11.3. The first-order valence-corrected chi connectivity index (χ1v) is 24.9. The highest BCUT2D eigenvalue weighted by Gasteiger charge is 2.27. The van der Waals surface area contributed by atoms with Crippen LogP contribution in [-0.4, -0.2) is 15.0 Å². The Morgan fingerprint density at radius 2 is 0.875 bits per heavy atom. The van der Waals surface area contributed by atoms with E-state index in [1.807, 2.05) is 0 Å². The SMILES string of the molecule is Cc1cc(C)c(C(c2ccc(N(c3nc(-c4cccc(-c5ccccc5)c4)nc(-c4ccc5ccccc5c4-c4ccccc4)n3)c3ccccc3-c3ccccc3)cc2)c2c(C)cc(C)cc2C)c(C)c1. The van der Waals surface area contributed by atoms with Crippen molar-refractivity contribution in [3.63, 3.8) is 0 Å². The Bertz CT molecular complexity index is 3650. The molecule has 348 valence electrons.